The molecule has 114 valence electrons. The van der Waals surface area contributed by atoms with Gasteiger partial charge in [-0.2, -0.15) is 5.10 Å². The quantitative estimate of drug-likeness (QED) is 0.876. The zero-order valence-corrected chi connectivity index (χ0v) is 13.7. The minimum atomic E-state index is 0.673. The van der Waals surface area contributed by atoms with Gasteiger partial charge in [-0.25, -0.2) is 0 Å². The van der Waals surface area contributed by atoms with Crippen LogP contribution in [0.2, 0.25) is 5.02 Å². The molecule has 5 heteroatoms. The zero-order chi connectivity index (χ0) is 14.5. The highest BCUT2D eigenvalue weighted by molar-refractivity contribution is 6.31. The molecule has 2 rings (SSSR count). The molecule has 4 nitrogen and oxygen atoms in total. The van der Waals surface area contributed by atoms with Gasteiger partial charge < -0.3 is 5.32 Å². The van der Waals surface area contributed by atoms with Crippen molar-refractivity contribution in [3.05, 3.63) is 16.4 Å². The molecule has 20 heavy (non-hydrogen) atoms. The molecule has 0 saturated carbocycles. The summed E-state index contributed by atoms with van der Waals surface area (Å²) in [5.41, 5.74) is 2.19. The van der Waals surface area contributed by atoms with Crippen LogP contribution in [0.1, 0.15) is 44.0 Å². The molecule has 1 aromatic rings. The maximum absolute atomic E-state index is 6.48. The summed E-state index contributed by atoms with van der Waals surface area (Å²) in [6.07, 6.45) is 6.07. The van der Waals surface area contributed by atoms with E-state index in [1.807, 2.05) is 18.8 Å². The van der Waals surface area contributed by atoms with E-state index < -0.39 is 0 Å². The van der Waals surface area contributed by atoms with E-state index in [-0.39, 0.29) is 0 Å². The third kappa shape index (κ3) is 3.54. The molecular weight excluding hydrogens is 272 g/mol. The second kappa shape index (κ2) is 7.43. The molecule has 1 saturated heterocycles. The predicted octanol–water partition coefficient (Wildman–Crippen LogP) is 2.60. The summed E-state index contributed by atoms with van der Waals surface area (Å²) in [5, 5.41) is 8.66. The number of rotatable bonds is 6. The number of aromatic nitrogens is 2. The van der Waals surface area contributed by atoms with Crippen molar-refractivity contribution in [1.82, 2.24) is 20.0 Å². The zero-order valence-electron chi connectivity index (χ0n) is 13.0. The summed E-state index contributed by atoms with van der Waals surface area (Å²) in [5.74, 6) is 0. The van der Waals surface area contributed by atoms with Crippen molar-refractivity contribution < 1.29 is 0 Å². The lowest BCUT2D eigenvalue weighted by Crippen LogP contribution is -2.40. The minimum absolute atomic E-state index is 0.673. The van der Waals surface area contributed by atoms with Crippen LogP contribution in [0, 0.1) is 0 Å². The smallest absolute Gasteiger partial charge is 0.0863 e. The Morgan fingerprint density at radius 1 is 1.40 bits per heavy atom. The van der Waals surface area contributed by atoms with Crippen molar-refractivity contribution in [2.45, 2.75) is 51.6 Å². The van der Waals surface area contributed by atoms with E-state index in [0.717, 1.165) is 30.2 Å². The van der Waals surface area contributed by atoms with Gasteiger partial charge in [0.1, 0.15) is 0 Å². The Bertz CT molecular complexity index is 430. The monoisotopic (exact) mass is 298 g/mol. The fourth-order valence-corrected chi connectivity index (χ4v) is 3.44. The number of hydrogen-bond acceptors (Lipinski definition) is 3. The lowest BCUT2D eigenvalue weighted by Gasteiger charge is -2.35. The Balaban J connectivity index is 2.08. The van der Waals surface area contributed by atoms with Crippen molar-refractivity contribution in [1.29, 1.82) is 0 Å². The average Bonchev–Trinajstić information content (AvgIpc) is 2.73. The fraction of sp³-hybridized carbons (Fsp3) is 0.800. The third-order valence-corrected chi connectivity index (χ3v) is 4.77. The fourth-order valence-electron chi connectivity index (χ4n) is 3.09. The molecular formula is C15H27ClN4. The number of halogens is 1. The van der Waals surface area contributed by atoms with E-state index in [1.165, 1.54) is 37.9 Å². The van der Waals surface area contributed by atoms with Gasteiger partial charge in [0.05, 0.1) is 16.4 Å². The first-order chi connectivity index (χ1) is 9.67. The van der Waals surface area contributed by atoms with E-state index in [0.29, 0.717) is 6.04 Å². The predicted molar refractivity (Wildman–Crippen MR) is 84.2 cm³/mol. The number of aryl methyl sites for hydroxylation is 2. The van der Waals surface area contributed by atoms with Crippen LogP contribution in [0.25, 0.3) is 0 Å². The van der Waals surface area contributed by atoms with E-state index in [1.54, 1.807) is 0 Å². The van der Waals surface area contributed by atoms with Crippen LogP contribution in [0.3, 0.4) is 0 Å². The van der Waals surface area contributed by atoms with Gasteiger partial charge in [0.2, 0.25) is 0 Å². The highest BCUT2D eigenvalue weighted by atomic mass is 35.5. The number of piperidine rings is 1. The topological polar surface area (TPSA) is 33.1 Å². The van der Waals surface area contributed by atoms with Crippen LogP contribution >= 0.6 is 11.6 Å². The molecule has 0 amide bonds. The first-order valence-corrected chi connectivity index (χ1v) is 8.14. The Labute approximate surface area is 127 Å². The first kappa shape index (κ1) is 15.8. The molecule has 0 radical (unpaired) electrons. The van der Waals surface area contributed by atoms with E-state index in [4.69, 9.17) is 11.6 Å². The van der Waals surface area contributed by atoms with Crippen LogP contribution in [0.4, 0.5) is 0 Å². The van der Waals surface area contributed by atoms with E-state index in [9.17, 15) is 0 Å². The van der Waals surface area contributed by atoms with Crippen LogP contribution in [0.5, 0.6) is 0 Å². The van der Waals surface area contributed by atoms with Crippen molar-refractivity contribution in [2.75, 3.05) is 20.1 Å². The lowest BCUT2D eigenvalue weighted by molar-refractivity contribution is 0.129. The summed E-state index contributed by atoms with van der Waals surface area (Å²) in [6.45, 7) is 5.29. The molecule has 1 fully saturated rings. The second-order valence-corrected chi connectivity index (χ2v) is 6.07. The molecule has 0 spiro atoms. The first-order valence-electron chi connectivity index (χ1n) is 7.76. The molecule has 1 unspecified atom stereocenters. The summed E-state index contributed by atoms with van der Waals surface area (Å²) >= 11 is 6.48. The van der Waals surface area contributed by atoms with Crippen molar-refractivity contribution in [2.24, 2.45) is 7.05 Å². The van der Waals surface area contributed by atoms with Gasteiger partial charge in [-0.15, -0.1) is 0 Å². The molecule has 2 heterocycles. The van der Waals surface area contributed by atoms with E-state index in [2.05, 4.69) is 22.2 Å². The van der Waals surface area contributed by atoms with Crippen LogP contribution in [-0.2, 0) is 20.0 Å². The SMILES string of the molecule is CCc1nn(C)c(CN2CCCCC2CCNC)c1Cl. The van der Waals surface area contributed by atoms with Gasteiger partial charge in [-0.05, 0) is 45.8 Å². The largest absolute Gasteiger partial charge is 0.320 e. The Hall–Kier alpha value is -0.580. The third-order valence-electron chi connectivity index (χ3n) is 4.33. The molecule has 1 aliphatic heterocycles. The van der Waals surface area contributed by atoms with Gasteiger partial charge in [-0.3, -0.25) is 9.58 Å². The molecule has 1 atom stereocenters. The minimum Gasteiger partial charge on any atom is -0.320 e. The van der Waals surface area contributed by atoms with Gasteiger partial charge >= 0.3 is 0 Å². The summed E-state index contributed by atoms with van der Waals surface area (Å²) in [4.78, 5) is 2.59. The second-order valence-electron chi connectivity index (χ2n) is 5.70. The molecule has 0 aromatic carbocycles. The van der Waals surface area contributed by atoms with Gasteiger partial charge in [0, 0.05) is 19.6 Å². The summed E-state index contributed by atoms with van der Waals surface area (Å²) in [6, 6.07) is 0.673. The Kier molecular flexibility index (Phi) is 5.87. The van der Waals surface area contributed by atoms with Crippen molar-refractivity contribution in [3.8, 4) is 0 Å². The maximum atomic E-state index is 6.48. The average molecular weight is 299 g/mol. The highest BCUT2D eigenvalue weighted by Gasteiger charge is 2.24. The van der Waals surface area contributed by atoms with Gasteiger partial charge in [0.25, 0.3) is 0 Å². The van der Waals surface area contributed by atoms with Crippen LogP contribution in [-0.4, -0.2) is 40.9 Å². The van der Waals surface area contributed by atoms with E-state index >= 15 is 0 Å². The maximum Gasteiger partial charge on any atom is 0.0863 e. The molecule has 0 aliphatic carbocycles. The number of hydrogen-bond donors (Lipinski definition) is 1. The van der Waals surface area contributed by atoms with Crippen molar-refractivity contribution >= 4 is 11.6 Å². The standard InChI is InChI=1S/C15H27ClN4/c1-4-13-15(16)14(19(3)18-13)11-20-10-6-5-7-12(20)8-9-17-2/h12,17H,4-11H2,1-3H3. The van der Waals surface area contributed by atoms with Crippen LogP contribution < -0.4 is 5.32 Å². The Morgan fingerprint density at radius 3 is 2.85 bits per heavy atom. The summed E-state index contributed by atoms with van der Waals surface area (Å²) < 4.78 is 1.96. The lowest BCUT2D eigenvalue weighted by atomic mass is 9.99. The number of likely N-dealkylation sites (tertiary alicyclic amines) is 1. The molecule has 0 bridgehead atoms. The molecule has 1 aliphatic rings. The normalized spacial score (nSPS) is 20.5. The highest BCUT2D eigenvalue weighted by Crippen LogP contribution is 2.26. The van der Waals surface area contributed by atoms with Gasteiger partial charge in [-0.1, -0.05) is 24.9 Å². The van der Waals surface area contributed by atoms with Gasteiger partial charge in [0.15, 0.2) is 0 Å². The number of nitrogens with one attached hydrogen (secondary N) is 1. The summed E-state index contributed by atoms with van der Waals surface area (Å²) in [7, 11) is 4.03. The number of nitrogens with zero attached hydrogens (tertiary/aromatic N) is 3. The van der Waals surface area contributed by atoms with Crippen molar-refractivity contribution in [3.63, 3.8) is 0 Å². The Morgan fingerprint density at radius 2 is 2.20 bits per heavy atom. The molecule has 1 N–H and O–H groups in total. The molecule has 1 aromatic heterocycles. The van der Waals surface area contributed by atoms with Crippen LogP contribution in [0.15, 0.2) is 0 Å².